The third-order valence-electron chi connectivity index (χ3n) is 2.35. The number of nitrogens with one attached hydrogen (secondary N) is 1. The number of nitrogens with two attached hydrogens (primary N) is 1. The van der Waals surface area contributed by atoms with Crippen LogP contribution in [-0.2, 0) is 9.53 Å². The van der Waals surface area contributed by atoms with Gasteiger partial charge in [0.2, 0.25) is 5.91 Å². The maximum atomic E-state index is 11.4. The second-order valence-corrected chi connectivity index (χ2v) is 3.61. The normalized spacial score (nSPS) is 14.9. The molecule has 1 unspecified atom stereocenters. The Bertz CT molecular complexity index is 168. The number of rotatable bonds is 7. The van der Waals surface area contributed by atoms with Crippen LogP contribution in [0.25, 0.3) is 0 Å². The molecule has 1 amide bonds. The van der Waals surface area contributed by atoms with E-state index in [1.165, 1.54) is 0 Å². The van der Waals surface area contributed by atoms with E-state index >= 15 is 0 Å². The molecule has 0 saturated carbocycles. The molecule has 0 aliphatic carbocycles. The summed E-state index contributed by atoms with van der Waals surface area (Å²) in [6.07, 6.45) is 1.24. The summed E-state index contributed by atoms with van der Waals surface area (Å²) in [7, 11) is 0. The topological polar surface area (TPSA) is 64.3 Å². The second kappa shape index (κ2) is 6.79. The lowest BCUT2D eigenvalue weighted by Gasteiger charge is -2.27. The molecule has 0 aromatic heterocycles. The predicted molar refractivity (Wildman–Crippen MR) is 57.0 cm³/mol. The minimum absolute atomic E-state index is 0.00764. The maximum Gasteiger partial charge on any atom is 0.222 e. The van der Waals surface area contributed by atoms with Gasteiger partial charge in [-0.15, -0.1) is 0 Å². The number of amides is 1. The van der Waals surface area contributed by atoms with E-state index < -0.39 is 0 Å². The average molecular weight is 202 g/mol. The van der Waals surface area contributed by atoms with Gasteiger partial charge < -0.3 is 15.8 Å². The summed E-state index contributed by atoms with van der Waals surface area (Å²) >= 11 is 0. The average Bonchev–Trinajstić information content (AvgIpc) is 2.18. The zero-order valence-electron chi connectivity index (χ0n) is 9.43. The summed E-state index contributed by atoms with van der Waals surface area (Å²) in [6.45, 7) is 7.46. The van der Waals surface area contributed by atoms with E-state index in [0.29, 0.717) is 26.2 Å². The molecule has 1 atom stereocenters. The van der Waals surface area contributed by atoms with Crippen LogP contribution in [0.4, 0.5) is 0 Å². The van der Waals surface area contributed by atoms with Crippen molar-refractivity contribution in [3.05, 3.63) is 0 Å². The summed E-state index contributed by atoms with van der Waals surface area (Å²) in [5, 5.41) is 2.91. The lowest BCUT2D eigenvalue weighted by atomic mass is 9.99. The van der Waals surface area contributed by atoms with E-state index in [9.17, 15) is 4.79 Å². The number of hydrogen-bond acceptors (Lipinski definition) is 3. The molecule has 0 aliphatic heterocycles. The number of carbonyl (C=O) groups excluding carboxylic acids is 1. The molecule has 0 bridgehead atoms. The van der Waals surface area contributed by atoms with Crippen molar-refractivity contribution < 1.29 is 9.53 Å². The van der Waals surface area contributed by atoms with Crippen LogP contribution in [0.2, 0.25) is 0 Å². The first-order valence-electron chi connectivity index (χ1n) is 5.16. The zero-order chi connectivity index (χ0) is 11.0. The Morgan fingerprint density at radius 3 is 2.57 bits per heavy atom. The van der Waals surface area contributed by atoms with Crippen LogP contribution in [0, 0.1) is 0 Å². The lowest BCUT2D eigenvalue weighted by molar-refractivity contribution is -0.123. The minimum Gasteiger partial charge on any atom is -0.381 e. The molecule has 3 N–H and O–H groups in total. The van der Waals surface area contributed by atoms with Gasteiger partial charge in [-0.25, -0.2) is 0 Å². The third-order valence-corrected chi connectivity index (χ3v) is 2.35. The van der Waals surface area contributed by atoms with Crippen molar-refractivity contribution in [2.45, 2.75) is 39.2 Å². The van der Waals surface area contributed by atoms with Crippen LogP contribution in [0.5, 0.6) is 0 Å². The van der Waals surface area contributed by atoms with E-state index in [1.54, 1.807) is 0 Å². The van der Waals surface area contributed by atoms with Gasteiger partial charge in [0.25, 0.3) is 0 Å². The van der Waals surface area contributed by atoms with Gasteiger partial charge in [-0.2, -0.15) is 0 Å². The van der Waals surface area contributed by atoms with Crippen LogP contribution in [0.1, 0.15) is 33.6 Å². The van der Waals surface area contributed by atoms with Crippen molar-refractivity contribution in [2.75, 3.05) is 19.8 Å². The van der Waals surface area contributed by atoms with Crippen molar-refractivity contribution in [3.8, 4) is 0 Å². The Hall–Kier alpha value is -0.610. The molecule has 0 aliphatic rings. The largest absolute Gasteiger partial charge is 0.381 e. The summed E-state index contributed by atoms with van der Waals surface area (Å²) < 4.78 is 5.09. The van der Waals surface area contributed by atoms with E-state index in [1.807, 2.05) is 20.8 Å². The van der Waals surface area contributed by atoms with Crippen molar-refractivity contribution >= 4 is 5.91 Å². The standard InChI is InChI=1S/C10H22N2O2/c1-4-10(3,8-11)12-9(13)6-7-14-5-2/h4-8,11H2,1-3H3,(H,12,13). The molecular weight excluding hydrogens is 180 g/mol. The molecular formula is C10H22N2O2. The van der Waals surface area contributed by atoms with Gasteiger partial charge in [-0.3, -0.25) is 4.79 Å². The van der Waals surface area contributed by atoms with Crippen LogP contribution in [-0.4, -0.2) is 31.2 Å². The smallest absolute Gasteiger partial charge is 0.222 e. The maximum absolute atomic E-state index is 11.4. The monoisotopic (exact) mass is 202 g/mol. The summed E-state index contributed by atoms with van der Waals surface area (Å²) in [6, 6.07) is 0. The van der Waals surface area contributed by atoms with Gasteiger partial charge >= 0.3 is 0 Å². The van der Waals surface area contributed by atoms with Gasteiger partial charge in [0, 0.05) is 25.1 Å². The van der Waals surface area contributed by atoms with Gasteiger partial charge in [0.15, 0.2) is 0 Å². The summed E-state index contributed by atoms with van der Waals surface area (Å²) in [5.74, 6) is 0.00764. The molecule has 4 nitrogen and oxygen atoms in total. The molecule has 0 aromatic rings. The quantitative estimate of drug-likeness (QED) is 0.596. The van der Waals surface area contributed by atoms with E-state index in [4.69, 9.17) is 10.5 Å². The number of ether oxygens (including phenoxy) is 1. The SMILES string of the molecule is CCOCCC(=O)NC(C)(CC)CN. The molecule has 0 spiro atoms. The highest BCUT2D eigenvalue weighted by molar-refractivity contribution is 5.76. The predicted octanol–water partition coefficient (Wildman–Crippen LogP) is 0.657. The molecule has 4 heteroatoms. The molecule has 84 valence electrons. The van der Waals surface area contributed by atoms with Crippen LogP contribution in [0.15, 0.2) is 0 Å². The number of carbonyl (C=O) groups is 1. The van der Waals surface area contributed by atoms with Crippen molar-refractivity contribution in [1.82, 2.24) is 5.32 Å². The van der Waals surface area contributed by atoms with Crippen molar-refractivity contribution in [2.24, 2.45) is 5.73 Å². The fourth-order valence-electron chi connectivity index (χ4n) is 0.992. The van der Waals surface area contributed by atoms with Crippen LogP contribution in [0.3, 0.4) is 0 Å². The van der Waals surface area contributed by atoms with Gasteiger partial charge in [0.05, 0.1) is 6.61 Å². The van der Waals surface area contributed by atoms with Gasteiger partial charge in [-0.1, -0.05) is 6.92 Å². The van der Waals surface area contributed by atoms with E-state index in [-0.39, 0.29) is 11.4 Å². The fourth-order valence-corrected chi connectivity index (χ4v) is 0.992. The molecule has 0 fully saturated rings. The fraction of sp³-hybridized carbons (Fsp3) is 0.900. The Balaban J connectivity index is 3.80. The summed E-state index contributed by atoms with van der Waals surface area (Å²) in [5.41, 5.74) is 5.30. The minimum atomic E-state index is -0.275. The second-order valence-electron chi connectivity index (χ2n) is 3.61. The molecule has 0 saturated heterocycles. The Morgan fingerprint density at radius 2 is 2.14 bits per heavy atom. The summed E-state index contributed by atoms with van der Waals surface area (Å²) in [4.78, 5) is 11.4. The first kappa shape index (κ1) is 13.4. The van der Waals surface area contributed by atoms with Crippen LogP contribution >= 0.6 is 0 Å². The Labute approximate surface area is 86.2 Å². The highest BCUT2D eigenvalue weighted by atomic mass is 16.5. The molecule has 0 rings (SSSR count). The van der Waals surface area contributed by atoms with E-state index in [2.05, 4.69) is 5.32 Å². The van der Waals surface area contributed by atoms with E-state index in [0.717, 1.165) is 6.42 Å². The third kappa shape index (κ3) is 5.19. The Kier molecular flexibility index (Phi) is 6.49. The van der Waals surface area contributed by atoms with Crippen molar-refractivity contribution in [1.29, 1.82) is 0 Å². The highest BCUT2D eigenvalue weighted by Gasteiger charge is 2.21. The Morgan fingerprint density at radius 1 is 1.50 bits per heavy atom. The van der Waals surface area contributed by atoms with Gasteiger partial charge in [-0.05, 0) is 20.3 Å². The molecule has 0 heterocycles. The molecule has 14 heavy (non-hydrogen) atoms. The highest BCUT2D eigenvalue weighted by Crippen LogP contribution is 2.06. The zero-order valence-corrected chi connectivity index (χ0v) is 9.43. The first-order valence-corrected chi connectivity index (χ1v) is 5.16. The molecule has 0 radical (unpaired) electrons. The van der Waals surface area contributed by atoms with Crippen molar-refractivity contribution in [3.63, 3.8) is 0 Å². The first-order chi connectivity index (χ1) is 6.58. The molecule has 0 aromatic carbocycles. The van der Waals surface area contributed by atoms with Crippen LogP contribution < -0.4 is 11.1 Å². The van der Waals surface area contributed by atoms with Gasteiger partial charge in [0.1, 0.15) is 0 Å². The number of hydrogen-bond donors (Lipinski definition) is 2. The lowest BCUT2D eigenvalue weighted by Crippen LogP contribution is -2.51.